The summed E-state index contributed by atoms with van der Waals surface area (Å²) in [4.78, 5) is 4.85. The van der Waals surface area contributed by atoms with Gasteiger partial charge in [0.05, 0.1) is 0 Å². The van der Waals surface area contributed by atoms with Crippen LogP contribution in [0.3, 0.4) is 0 Å². The Labute approximate surface area is 88.5 Å². The van der Waals surface area contributed by atoms with E-state index in [1.54, 1.807) is 24.3 Å². The van der Waals surface area contributed by atoms with E-state index in [1.165, 1.54) is 0 Å². The fourth-order valence-electron chi connectivity index (χ4n) is 0.760. The molecule has 71 valence electrons. The maximum atomic E-state index is 5.70. The summed E-state index contributed by atoms with van der Waals surface area (Å²) in [6.07, 6.45) is 8.29. The van der Waals surface area contributed by atoms with Crippen molar-refractivity contribution in [3.05, 3.63) is 34.9 Å². The molecule has 0 saturated carbocycles. The minimum absolute atomic E-state index is 0.414. The van der Waals surface area contributed by atoms with Gasteiger partial charge in [-0.15, -0.1) is 12.3 Å². The van der Waals surface area contributed by atoms with Crippen LogP contribution in [0.25, 0.3) is 0 Å². The van der Waals surface area contributed by atoms with Crippen molar-refractivity contribution in [3.63, 3.8) is 0 Å². The van der Waals surface area contributed by atoms with Gasteiger partial charge in [-0.1, -0.05) is 28.9 Å². The molecule has 1 rings (SSSR count). The van der Waals surface area contributed by atoms with Crippen LogP contribution in [0.4, 0.5) is 0 Å². The van der Waals surface area contributed by atoms with Crippen LogP contribution in [0, 0.1) is 12.3 Å². The zero-order valence-corrected chi connectivity index (χ0v) is 8.29. The van der Waals surface area contributed by atoms with Crippen LogP contribution in [0.1, 0.15) is 12.0 Å². The van der Waals surface area contributed by atoms with E-state index in [-0.39, 0.29) is 0 Å². The minimum Gasteiger partial charge on any atom is -0.394 e. The molecule has 0 amide bonds. The lowest BCUT2D eigenvalue weighted by atomic mass is 10.2. The third-order valence-electron chi connectivity index (χ3n) is 1.42. The minimum atomic E-state index is 0.414. The molecule has 2 nitrogen and oxygen atoms in total. The van der Waals surface area contributed by atoms with Crippen LogP contribution >= 0.6 is 11.6 Å². The van der Waals surface area contributed by atoms with E-state index in [1.807, 2.05) is 0 Å². The predicted octanol–water partition coefficient (Wildman–Crippen LogP) is 2.59. The van der Waals surface area contributed by atoms with Gasteiger partial charge in [0.25, 0.3) is 0 Å². The van der Waals surface area contributed by atoms with Crippen LogP contribution in [0.2, 0.25) is 5.02 Å². The smallest absolute Gasteiger partial charge is 0.139 e. The predicted molar refractivity (Wildman–Crippen MR) is 57.4 cm³/mol. The highest BCUT2D eigenvalue weighted by molar-refractivity contribution is 6.30. The van der Waals surface area contributed by atoms with E-state index in [9.17, 15) is 0 Å². The molecular weight excluding hydrogens is 198 g/mol. The fraction of sp³-hybridized carbons (Fsp3) is 0.182. The number of benzene rings is 1. The van der Waals surface area contributed by atoms with Gasteiger partial charge in [-0.25, -0.2) is 0 Å². The Kier molecular flexibility index (Phi) is 4.60. The molecule has 3 heteroatoms. The summed E-state index contributed by atoms with van der Waals surface area (Å²) in [5.74, 6) is 2.44. The van der Waals surface area contributed by atoms with E-state index in [0.29, 0.717) is 18.1 Å². The Morgan fingerprint density at radius 3 is 2.71 bits per heavy atom. The van der Waals surface area contributed by atoms with Crippen molar-refractivity contribution in [2.24, 2.45) is 5.16 Å². The maximum absolute atomic E-state index is 5.70. The first kappa shape index (κ1) is 10.6. The average molecular weight is 207 g/mol. The van der Waals surface area contributed by atoms with E-state index in [4.69, 9.17) is 22.9 Å². The van der Waals surface area contributed by atoms with Crippen LogP contribution < -0.4 is 0 Å². The molecule has 0 spiro atoms. The lowest BCUT2D eigenvalue weighted by Gasteiger charge is -1.93. The van der Waals surface area contributed by atoms with Gasteiger partial charge < -0.3 is 4.84 Å². The quantitative estimate of drug-likeness (QED) is 0.321. The molecule has 0 aliphatic carbocycles. The van der Waals surface area contributed by atoms with Crippen molar-refractivity contribution in [2.45, 2.75) is 6.42 Å². The molecule has 0 saturated heterocycles. The van der Waals surface area contributed by atoms with Gasteiger partial charge in [0, 0.05) is 17.0 Å². The molecule has 0 heterocycles. The number of terminal acetylenes is 1. The first-order chi connectivity index (χ1) is 6.83. The van der Waals surface area contributed by atoms with E-state index in [2.05, 4.69) is 17.3 Å². The Hall–Kier alpha value is -1.46. The van der Waals surface area contributed by atoms with Gasteiger partial charge >= 0.3 is 0 Å². The van der Waals surface area contributed by atoms with Gasteiger partial charge in [0.1, 0.15) is 12.8 Å². The Morgan fingerprint density at radius 2 is 2.07 bits per heavy atom. The van der Waals surface area contributed by atoms with Crippen LogP contribution in [-0.4, -0.2) is 12.8 Å². The molecule has 0 aromatic heterocycles. The van der Waals surface area contributed by atoms with E-state index in [0.717, 1.165) is 5.56 Å². The third kappa shape index (κ3) is 3.97. The summed E-state index contributed by atoms with van der Waals surface area (Å²) in [6, 6.07) is 7.13. The Bertz CT molecular complexity index is 337. The number of nitrogens with zero attached hydrogens (tertiary/aromatic N) is 1. The highest BCUT2D eigenvalue weighted by Crippen LogP contribution is 2.07. The summed E-state index contributed by atoms with van der Waals surface area (Å²) < 4.78 is 0. The Balaban J connectivity index is 2.37. The van der Waals surface area contributed by atoms with Crippen molar-refractivity contribution in [1.29, 1.82) is 0 Å². The summed E-state index contributed by atoms with van der Waals surface area (Å²) in [6.45, 7) is 0.414. The SMILES string of the molecule is C#CCCON=[C]c1ccc(Cl)cc1. The highest BCUT2D eigenvalue weighted by Gasteiger charge is 1.89. The van der Waals surface area contributed by atoms with Crippen molar-refractivity contribution in [1.82, 2.24) is 0 Å². The third-order valence-corrected chi connectivity index (χ3v) is 1.67. The van der Waals surface area contributed by atoms with Crippen LogP contribution in [0.15, 0.2) is 29.4 Å². The van der Waals surface area contributed by atoms with Gasteiger partial charge in [0.15, 0.2) is 0 Å². The summed E-state index contributed by atoms with van der Waals surface area (Å²) in [7, 11) is 0. The summed E-state index contributed by atoms with van der Waals surface area (Å²) in [5, 5.41) is 4.30. The van der Waals surface area contributed by atoms with E-state index < -0.39 is 0 Å². The lowest BCUT2D eigenvalue weighted by molar-refractivity contribution is 0.152. The molecule has 0 aliphatic heterocycles. The molecule has 1 aromatic rings. The molecular formula is C11H9ClNO. The molecule has 0 atom stereocenters. The lowest BCUT2D eigenvalue weighted by Crippen LogP contribution is -1.87. The maximum Gasteiger partial charge on any atom is 0.139 e. The second kappa shape index (κ2) is 6.06. The van der Waals surface area contributed by atoms with Gasteiger partial charge in [-0.05, 0) is 12.1 Å². The second-order valence-electron chi connectivity index (χ2n) is 2.50. The normalized spacial score (nSPS) is 10.0. The topological polar surface area (TPSA) is 21.6 Å². The molecule has 0 fully saturated rings. The number of halogens is 1. The fourth-order valence-corrected chi connectivity index (χ4v) is 0.886. The molecule has 0 aliphatic rings. The van der Waals surface area contributed by atoms with Gasteiger partial charge in [0.2, 0.25) is 0 Å². The number of hydrogen-bond donors (Lipinski definition) is 0. The van der Waals surface area contributed by atoms with Crippen molar-refractivity contribution in [3.8, 4) is 12.3 Å². The standard InChI is InChI=1S/C11H9ClNO/c1-2-3-8-14-13-9-10-4-6-11(12)7-5-10/h1,4-7H,3,8H2. The number of rotatable bonds is 4. The second-order valence-corrected chi connectivity index (χ2v) is 2.93. The zero-order chi connectivity index (χ0) is 10.2. The van der Waals surface area contributed by atoms with Crippen LogP contribution in [-0.2, 0) is 4.84 Å². The molecule has 14 heavy (non-hydrogen) atoms. The zero-order valence-electron chi connectivity index (χ0n) is 7.53. The molecule has 0 N–H and O–H groups in total. The van der Waals surface area contributed by atoms with Gasteiger partial charge in [-0.3, -0.25) is 0 Å². The molecule has 0 unspecified atom stereocenters. The van der Waals surface area contributed by atoms with Crippen LogP contribution in [0.5, 0.6) is 0 Å². The highest BCUT2D eigenvalue weighted by atomic mass is 35.5. The van der Waals surface area contributed by atoms with Crippen molar-refractivity contribution >= 4 is 17.8 Å². The molecule has 0 bridgehead atoms. The summed E-state index contributed by atoms with van der Waals surface area (Å²) >= 11 is 5.70. The summed E-state index contributed by atoms with van der Waals surface area (Å²) in [5.41, 5.74) is 0.815. The molecule has 1 aromatic carbocycles. The van der Waals surface area contributed by atoms with Crippen molar-refractivity contribution in [2.75, 3.05) is 6.61 Å². The average Bonchev–Trinajstić information content (AvgIpc) is 2.21. The Morgan fingerprint density at radius 1 is 1.36 bits per heavy atom. The molecule has 1 radical (unpaired) electrons. The van der Waals surface area contributed by atoms with Gasteiger partial charge in [-0.2, -0.15) is 0 Å². The largest absolute Gasteiger partial charge is 0.394 e. The first-order valence-corrected chi connectivity index (χ1v) is 4.48. The first-order valence-electron chi connectivity index (χ1n) is 4.10. The monoisotopic (exact) mass is 206 g/mol. The van der Waals surface area contributed by atoms with Crippen molar-refractivity contribution < 1.29 is 4.84 Å². The van der Waals surface area contributed by atoms with E-state index >= 15 is 0 Å². The number of hydrogen-bond acceptors (Lipinski definition) is 2.